The number of nitrogens with zero attached hydrogens (tertiary/aromatic N) is 1. The zero-order valence-electron chi connectivity index (χ0n) is 32.7. The van der Waals surface area contributed by atoms with Crippen molar-refractivity contribution in [3.8, 4) is 33.4 Å². The van der Waals surface area contributed by atoms with Crippen LogP contribution in [0.1, 0.15) is 0 Å². The van der Waals surface area contributed by atoms with Gasteiger partial charge in [-0.1, -0.05) is 176 Å². The Morgan fingerprint density at radius 1 is 0.300 bits per heavy atom. The average Bonchev–Trinajstić information content (AvgIpc) is 3.72. The predicted molar refractivity (Wildman–Crippen MR) is 255 cm³/mol. The SMILES string of the molecule is c1ccc(N(c2ccc(-c3ccc4cc(-c5ccc6ccccc6c5)ccc4c3)cc2)c2cccc3c2oc2ccc4ccccc4c23)c(-c2cccc3ccccc23)c1. The summed E-state index contributed by atoms with van der Waals surface area (Å²) >= 11 is 0. The van der Waals surface area contributed by atoms with E-state index in [1.54, 1.807) is 0 Å². The van der Waals surface area contributed by atoms with Crippen molar-refractivity contribution >= 4 is 82.1 Å². The molecule has 280 valence electrons. The molecule has 12 rings (SSSR count). The van der Waals surface area contributed by atoms with Crippen LogP contribution in [0.5, 0.6) is 0 Å². The molecule has 0 aliphatic carbocycles. The molecule has 0 aliphatic rings. The van der Waals surface area contributed by atoms with E-state index in [2.05, 4.69) is 229 Å². The summed E-state index contributed by atoms with van der Waals surface area (Å²) in [6.07, 6.45) is 0. The second-order valence-electron chi connectivity index (χ2n) is 15.7. The van der Waals surface area contributed by atoms with E-state index < -0.39 is 0 Å². The fraction of sp³-hybridized carbons (Fsp3) is 0. The number of furan rings is 1. The second kappa shape index (κ2) is 13.9. The zero-order valence-corrected chi connectivity index (χ0v) is 32.7. The summed E-state index contributed by atoms with van der Waals surface area (Å²) in [5, 5.41) is 12.0. The molecule has 0 unspecified atom stereocenters. The summed E-state index contributed by atoms with van der Waals surface area (Å²) in [6.45, 7) is 0. The molecular weight excluding hydrogens is 727 g/mol. The molecule has 11 aromatic carbocycles. The molecule has 2 heteroatoms. The molecule has 12 aromatic rings. The van der Waals surface area contributed by atoms with Gasteiger partial charge < -0.3 is 9.32 Å². The van der Waals surface area contributed by atoms with Gasteiger partial charge in [0, 0.05) is 22.0 Å². The molecule has 0 spiro atoms. The van der Waals surface area contributed by atoms with Crippen molar-refractivity contribution < 1.29 is 4.42 Å². The lowest BCUT2D eigenvalue weighted by Gasteiger charge is -2.28. The van der Waals surface area contributed by atoms with E-state index in [1.165, 1.54) is 65.3 Å². The third-order valence-corrected chi connectivity index (χ3v) is 12.2. The second-order valence-corrected chi connectivity index (χ2v) is 15.7. The Balaban J connectivity index is 0.991. The van der Waals surface area contributed by atoms with Gasteiger partial charge in [0.1, 0.15) is 5.58 Å². The van der Waals surface area contributed by atoms with Gasteiger partial charge in [0.15, 0.2) is 5.58 Å². The first-order chi connectivity index (χ1) is 29.7. The minimum absolute atomic E-state index is 0.859. The lowest BCUT2D eigenvalue weighted by molar-refractivity contribution is 0.669. The summed E-state index contributed by atoms with van der Waals surface area (Å²) < 4.78 is 6.88. The van der Waals surface area contributed by atoms with Gasteiger partial charge >= 0.3 is 0 Å². The highest BCUT2D eigenvalue weighted by atomic mass is 16.3. The lowest BCUT2D eigenvalue weighted by atomic mass is 9.95. The molecule has 0 aliphatic heterocycles. The van der Waals surface area contributed by atoms with Crippen molar-refractivity contribution in [2.45, 2.75) is 0 Å². The first-order valence-electron chi connectivity index (χ1n) is 20.6. The Labute approximate surface area is 347 Å². The van der Waals surface area contributed by atoms with Crippen LogP contribution in [0.2, 0.25) is 0 Å². The summed E-state index contributed by atoms with van der Waals surface area (Å²) in [5.41, 5.74) is 12.0. The smallest absolute Gasteiger partial charge is 0.159 e. The van der Waals surface area contributed by atoms with Gasteiger partial charge in [0.05, 0.1) is 11.4 Å². The molecule has 0 radical (unpaired) electrons. The maximum atomic E-state index is 6.88. The predicted octanol–water partition coefficient (Wildman–Crippen LogP) is 16.7. The van der Waals surface area contributed by atoms with Crippen LogP contribution in [-0.2, 0) is 0 Å². The Bertz CT molecular complexity index is 3610. The van der Waals surface area contributed by atoms with Gasteiger partial charge in [-0.05, 0) is 119 Å². The standard InChI is InChI=1S/C58H37NO/c1-2-14-42-35-44(24-23-38(42)11-1)47-28-27-45-36-43(25-26-46(45)37-47)39-29-32-48(33-30-39)59(54-21-8-7-18-52(54)51-19-9-15-40-12-3-5-16-49(40)51)55-22-10-20-53-57-50-17-6-4-13-41(50)31-34-56(57)60-58(53)55/h1-37H. The van der Waals surface area contributed by atoms with Gasteiger partial charge in [-0.25, -0.2) is 0 Å². The van der Waals surface area contributed by atoms with Crippen molar-refractivity contribution in [2.75, 3.05) is 4.90 Å². The first kappa shape index (κ1) is 34.1. The summed E-state index contributed by atoms with van der Waals surface area (Å²) in [6, 6.07) is 81.2. The summed E-state index contributed by atoms with van der Waals surface area (Å²) in [7, 11) is 0. The zero-order chi connectivity index (χ0) is 39.6. The van der Waals surface area contributed by atoms with E-state index in [1.807, 2.05) is 0 Å². The topological polar surface area (TPSA) is 16.4 Å². The van der Waals surface area contributed by atoms with Crippen LogP contribution < -0.4 is 4.90 Å². The van der Waals surface area contributed by atoms with Gasteiger partial charge in [0.2, 0.25) is 0 Å². The van der Waals surface area contributed by atoms with Crippen molar-refractivity contribution in [1.29, 1.82) is 0 Å². The highest BCUT2D eigenvalue weighted by Gasteiger charge is 2.23. The molecular formula is C58H37NO. The largest absolute Gasteiger partial charge is 0.454 e. The van der Waals surface area contributed by atoms with E-state index >= 15 is 0 Å². The lowest BCUT2D eigenvalue weighted by Crippen LogP contribution is -2.11. The molecule has 0 saturated heterocycles. The Morgan fingerprint density at radius 2 is 0.783 bits per heavy atom. The van der Waals surface area contributed by atoms with Crippen LogP contribution in [0.4, 0.5) is 17.1 Å². The van der Waals surface area contributed by atoms with Gasteiger partial charge in [0.25, 0.3) is 0 Å². The van der Waals surface area contributed by atoms with Crippen molar-refractivity contribution in [1.82, 2.24) is 0 Å². The van der Waals surface area contributed by atoms with Gasteiger partial charge in [-0.2, -0.15) is 0 Å². The molecule has 0 fully saturated rings. The fourth-order valence-corrected chi connectivity index (χ4v) is 9.27. The highest BCUT2D eigenvalue weighted by Crippen LogP contribution is 2.47. The minimum atomic E-state index is 0.859. The van der Waals surface area contributed by atoms with Gasteiger partial charge in [-0.15, -0.1) is 0 Å². The van der Waals surface area contributed by atoms with Crippen molar-refractivity contribution in [3.05, 3.63) is 224 Å². The number of fused-ring (bicyclic) bond motifs is 8. The molecule has 2 nitrogen and oxygen atoms in total. The van der Waals surface area contributed by atoms with Crippen LogP contribution >= 0.6 is 0 Å². The Hall–Kier alpha value is -7.94. The van der Waals surface area contributed by atoms with E-state index in [0.29, 0.717) is 0 Å². The number of hydrogen-bond donors (Lipinski definition) is 0. The molecule has 0 amide bonds. The molecule has 0 atom stereocenters. The van der Waals surface area contributed by atoms with Crippen LogP contribution in [0.15, 0.2) is 229 Å². The third kappa shape index (κ3) is 5.65. The Kier molecular flexibility index (Phi) is 7.89. The Morgan fingerprint density at radius 3 is 1.55 bits per heavy atom. The highest BCUT2D eigenvalue weighted by molar-refractivity contribution is 6.21. The van der Waals surface area contributed by atoms with E-state index in [4.69, 9.17) is 4.42 Å². The van der Waals surface area contributed by atoms with Crippen molar-refractivity contribution in [2.24, 2.45) is 0 Å². The quantitative estimate of drug-likeness (QED) is 0.168. The van der Waals surface area contributed by atoms with E-state index in [0.717, 1.165) is 50.1 Å². The fourth-order valence-electron chi connectivity index (χ4n) is 9.27. The summed E-state index contributed by atoms with van der Waals surface area (Å²) in [4.78, 5) is 2.38. The number of anilines is 3. The molecule has 0 saturated carbocycles. The van der Waals surface area contributed by atoms with E-state index in [-0.39, 0.29) is 0 Å². The van der Waals surface area contributed by atoms with Crippen LogP contribution in [-0.4, -0.2) is 0 Å². The molecule has 1 aromatic heterocycles. The van der Waals surface area contributed by atoms with Gasteiger partial charge in [-0.3, -0.25) is 0 Å². The first-order valence-corrected chi connectivity index (χ1v) is 20.6. The van der Waals surface area contributed by atoms with Crippen LogP contribution in [0.3, 0.4) is 0 Å². The summed E-state index contributed by atoms with van der Waals surface area (Å²) in [5.74, 6) is 0. The molecule has 1 heterocycles. The van der Waals surface area contributed by atoms with Crippen LogP contribution in [0, 0.1) is 0 Å². The third-order valence-electron chi connectivity index (χ3n) is 12.2. The molecule has 0 bridgehead atoms. The molecule has 0 N–H and O–H groups in total. The number of benzene rings is 11. The van der Waals surface area contributed by atoms with Crippen molar-refractivity contribution in [3.63, 3.8) is 0 Å². The number of hydrogen-bond acceptors (Lipinski definition) is 2. The average molecular weight is 764 g/mol. The monoisotopic (exact) mass is 763 g/mol. The van der Waals surface area contributed by atoms with Crippen LogP contribution in [0.25, 0.3) is 98.4 Å². The number of para-hydroxylation sites is 2. The molecule has 60 heavy (non-hydrogen) atoms. The normalized spacial score (nSPS) is 11.7. The number of rotatable bonds is 6. The van der Waals surface area contributed by atoms with E-state index in [9.17, 15) is 0 Å². The minimum Gasteiger partial charge on any atom is -0.454 e. The maximum absolute atomic E-state index is 6.88. The maximum Gasteiger partial charge on any atom is 0.159 e.